The van der Waals surface area contributed by atoms with E-state index in [0.29, 0.717) is 22.6 Å². The van der Waals surface area contributed by atoms with Gasteiger partial charge in [-0.15, -0.1) is 0 Å². The molecule has 5 nitrogen and oxygen atoms in total. The van der Waals surface area contributed by atoms with Crippen molar-refractivity contribution in [2.24, 2.45) is 0 Å². The third-order valence-electron chi connectivity index (χ3n) is 2.80. The molecule has 0 saturated carbocycles. The Balaban J connectivity index is 2.17. The lowest BCUT2D eigenvalue weighted by molar-refractivity contribution is 0.100. The molecule has 1 N–H and O–H groups in total. The number of hydrogen-bond donors (Lipinski definition) is 1. The van der Waals surface area contributed by atoms with Crippen LogP contribution in [0.15, 0.2) is 42.7 Å². The number of nitrogens with one attached hydrogen (secondary N) is 1. The minimum atomic E-state index is -0.286. The molecule has 102 valence electrons. The van der Waals surface area contributed by atoms with Gasteiger partial charge < -0.3 is 10.1 Å². The van der Waals surface area contributed by atoms with Gasteiger partial charge in [-0.3, -0.25) is 14.6 Å². The van der Waals surface area contributed by atoms with E-state index >= 15 is 0 Å². The summed E-state index contributed by atoms with van der Waals surface area (Å²) in [6, 6.07) is 8.12. The van der Waals surface area contributed by atoms with E-state index in [1.807, 2.05) is 0 Å². The van der Waals surface area contributed by atoms with Crippen molar-refractivity contribution < 1.29 is 14.3 Å². The number of pyridine rings is 1. The Labute approximate surface area is 116 Å². The van der Waals surface area contributed by atoms with Crippen molar-refractivity contribution >= 4 is 17.4 Å². The summed E-state index contributed by atoms with van der Waals surface area (Å²) in [6.07, 6.45) is 3.09. The molecule has 0 saturated heterocycles. The maximum Gasteiger partial charge on any atom is 0.255 e. The van der Waals surface area contributed by atoms with Crippen LogP contribution in [0.5, 0.6) is 5.75 Å². The number of rotatable bonds is 4. The van der Waals surface area contributed by atoms with E-state index in [1.165, 1.54) is 20.2 Å². The van der Waals surface area contributed by atoms with E-state index in [0.717, 1.165) is 0 Å². The highest BCUT2D eigenvalue weighted by atomic mass is 16.5. The van der Waals surface area contributed by atoms with Crippen LogP contribution in [0.1, 0.15) is 27.6 Å². The van der Waals surface area contributed by atoms with Gasteiger partial charge in [-0.1, -0.05) is 12.1 Å². The van der Waals surface area contributed by atoms with Gasteiger partial charge in [-0.05, 0) is 19.1 Å². The van der Waals surface area contributed by atoms with E-state index in [-0.39, 0.29) is 11.7 Å². The zero-order chi connectivity index (χ0) is 14.5. The average Bonchev–Trinajstić information content (AvgIpc) is 2.48. The first-order valence-electron chi connectivity index (χ1n) is 6.02. The molecule has 0 aliphatic rings. The maximum absolute atomic E-state index is 12.1. The molecule has 5 heteroatoms. The Morgan fingerprint density at radius 1 is 1.10 bits per heavy atom. The number of amides is 1. The largest absolute Gasteiger partial charge is 0.494 e. The summed E-state index contributed by atoms with van der Waals surface area (Å²) in [6.45, 7) is 1.48. The van der Waals surface area contributed by atoms with Crippen LogP contribution in [0, 0.1) is 0 Å². The Bertz CT molecular complexity index is 636. The molecule has 0 radical (unpaired) electrons. The zero-order valence-electron chi connectivity index (χ0n) is 11.2. The topological polar surface area (TPSA) is 68.3 Å². The summed E-state index contributed by atoms with van der Waals surface area (Å²) < 4.78 is 5.13. The third-order valence-corrected chi connectivity index (χ3v) is 2.80. The fraction of sp³-hybridized carbons (Fsp3) is 0.133. The minimum Gasteiger partial charge on any atom is -0.494 e. The molecule has 1 amide bonds. The molecule has 2 rings (SSSR count). The minimum absolute atomic E-state index is 0.0362. The number of aromatic nitrogens is 1. The van der Waals surface area contributed by atoms with Gasteiger partial charge >= 0.3 is 0 Å². The highest BCUT2D eigenvalue weighted by Crippen LogP contribution is 2.22. The second-order valence-corrected chi connectivity index (χ2v) is 4.16. The summed E-state index contributed by atoms with van der Waals surface area (Å²) in [5.41, 5.74) is 1.53. The van der Waals surface area contributed by atoms with Crippen molar-refractivity contribution in [2.75, 3.05) is 12.4 Å². The standard InChI is InChI=1S/C15H14N2O3/c1-10(18)11-3-5-12(6-4-11)15(19)17-13-9-16-8-7-14(13)20-2/h3-9H,1-2H3,(H,17,19). The van der Waals surface area contributed by atoms with Crippen molar-refractivity contribution in [2.45, 2.75) is 6.92 Å². The highest BCUT2D eigenvalue weighted by molar-refractivity contribution is 6.05. The van der Waals surface area contributed by atoms with Crippen LogP contribution in [0.3, 0.4) is 0 Å². The molecule has 0 bridgehead atoms. The molecular formula is C15H14N2O3. The fourth-order valence-electron chi connectivity index (χ4n) is 1.70. The Kier molecular flexibility index (Phi) is 4.10. The summed E-state index contributed by atoms with van der Waals surface area (Å²) in [5, 5.41) is 2.72. The number of ketones is 1. The van der Waals surface area contributed by atoms with Crippen molar-refractivity contribution in [3.8, 4) is 5.75 Å². The lowest BCUT2D eigenvalue weighted by atomic mass is 10.1. The summed E-state index contributed by atoms with van der Waals surface area (Å²) in [7, 11) is 1.52. The normalized spacial score (nSPS) is 9.90. The Hall–Kier alpha value is -2.69. The molecule has 0 aliphatic carbocycles. The predicted molar refractivity (Wildman–Crippen MR) is 75.2 cm³/mol. The van der Waals surface area contributed by atoms with Gasteiger partial charge in [0.25, 0.3) is 5.91 Å². The number of anilines is 1. The van der Waals surface area contributed by atoms with Crippen molar-refractivity contribution in [3.05, 3.63) is 53.9 Å². The molecule has 1 aromatic heterocycles. The lowest BCUT2D eigenvalue weighted by Crippen LogP contribution is -2.13. The smallest absolute Gasteiger partial charge is 0.255 e. The SMILES string of the molecule is COc1ccncc1NC(=O)c1ccc(C(C)=O)cc1. The summed E-state index contributed by atoms with van der Waals surface area (Å²) >= 11 is 0. The summed E-state index contributed by atoms with van der Waals surface area (Å²) in [4.78, 5) is 27.2. The van der Waals surface area contributed by atoms with Crippen LogP contribution >= 0.6 is 0 Å². The average molecular weight is 270 g/mol. The van der Waals surface area contributed by atoms with Gasteiger partial charge in [0.05, 0.1) is 13.3 Å². The predicted octanol–water partition coefficient (Wildman–Crippen LogP) is 2.55. The quantitative estimate of drug-likeness (QED) is 0.867. The van der Waals surface area contributed by atoms with E-state index in [9.17, 15) is 9.59 Å². The van der Waals surface area contributed by atoms with Crippen LogP contribution in [0.25, 0.3) is 0 Å². The number of carbonyl (C=O) groups is 2. The number of benzene rings is 1. The first kappa shape index (κ1) is 13.7. The number of methoxy groups -OCH3 is 1. The summed E-state index contributed by atoms with van der Waals surface area (Å²) in [5.74, 6) is 0.214. The zero-order valence-corrected chi connectivity index (χ0v) is 11.2. The van der Waals surface area contributed by atoms with Gasteiger partial charge in [-0.2, -0.15) is 0 Å². The fourth-order valence-corrected chi connectivity index (χ4v) is 1.70. The second kappa shape index (κ2) is 5.97. The maximum atomic E-state index is 12.1. The van der Waals surface area contributed by atoms with Crippen molar-refractivity contribution in [1.82, 2.24) is 4.98 Å². The lowest BCUT2D eigenvalue weighted by Gasteiger charge is -2.09. The number of nitrogens with zero attached hydrogens (tertiary/aromatic N) is 1. The monoisotopic (exact) mass is 270 g/mol. The van der Waals surface area contributed by atoms with E-state index in [2.05, 4.69) is 10.3 Å². The van der Waals surface area contributed by atoms with Gasteiger partial charge in [0.1, 0.15) is 11.4 Å². The van der Waals surface area contributed by atoms with Gasteiger partial charge in [0.2, 0.25) is 0 Å². The molecular weight excluding hydrogens is 256 g/mol. The third kappa shape index (κ3) is 3.00. The molecule has 0 spiro atoms. The van der Waals surface area contributed by atoms with Crippen LogP contribution in [-0.2, 0) is 0 Å². The van der Waals surface area contributed by atoms with Gasteiger partial charge in [0, 0.05) is 23.4 Å². The highest BCUT2D eigenvalue weighted by Gasteiger charge is 2.10. The number of ether oxygens (including phenoxy) is 1. The molecule has 20 heavy (non-hydrogen) atoms. The first-order valence-corrected chi connectivity index (χ1v) is 6.02. The van der Waals surface area contributed by atoms with Gasteiger partial charge in [-0.25, -0.2) is 0 Å². The van der Waals surface area contributed by atoms with Crippen LogP contribution in [0.2, 0.25) is 0 Å². The van der Waals surface area contributed by atoms with Crippen LogP contribution in [0.4, 0.5) is 5.69 Å². The first-order chi connectivity index (χ1) is 9.61. The van der Waals surface area contributed by atoms with E-state index < -0.39 is 0 Å². The number of carbonyl (C=O) groups excluding carboxylic acids is 2. The Morgan fingerprint density at radius 2 is 1.75 bits per heavy atom. The molecule has 0 atom stereocenters. The van der Waals surface area contributed by atoms with Crippen molar-refractivity contribution in [1.29, 1.82) is 0 Å². The van der Waals surface area contributed by atoms with Crippen molar-refractivity contribution in [3.63, 3.8) is 0 Å². The molecule has 1 heterocycles. The van der Waals surface area contributed by atoms with Crippen LogP contribution in [-0.4, -0.2) is 23.8 Å². The Morgan fingerprint density at radius 3 is 2.35 bits per heavy atom. The molecule has 0 aliphatic heterocycles. The number of hydrogen-bond acceptors (Lipinski definition) is 4. The molecule has 0 unspecified atom stereocenters. The van der Waals surface area contributed by atoms with Gasteiger partial charge in [0.15, 0.2) is 5.78 Å². The molecule has 0 fully saturated rings. The van der Waals surface area contributed by atoms with E-state index in [4.69, 9.17) is 4.74 Å². The van der Waals surface area contributed by atoms with E-state index in [1.54, 1.807) is 36.5 Å². The number of Topliss-reactive ketones (excluding diaryl/α,β-unsaturated/α-hetero) is 1. The molecule has 1 aromatic carbocycles. The molecule has 2 aromatic rings. The second-order valence-electron chi connectivity index (χ2n) is 4.16. The van der Waals surface area contributed by atoms with Crippen LogP contribution < -0.4 is 10.1 Å².